The van der Waals surface area contributed by atoms with Crippen LogP contribution in [0.2, 0.25) is 0 Å². The molecule has 0 radical (unpaired) electrons. The molecule has 1 aromatic rings. The fourth-order valence-electron chi connectivity index (χ4n) is 1.38. The Hall–Kier alpha value is -1.47. The number of nitrogens with two attached hydrogens (primary N) is 1. The first-order valence-corrected chi connectivity index (χ1v) is 7.93. The van der Waals surface area contributed by atoms with Gasteiger partial charge in [-0.3, -0.25) is 5.43 Å². The SMILES string of the molecule is CCCCS(=O)(=O)c1ccc(/C=N\NC(N)=S)cc1. The summed E-state index contributed by atoms with van der Waals surface area (Å²) in [6.45, 7) is 1.96. The highest BCUT2D eigenvalue weighted by atomic mass is 32.2. The Morgan fingerprint density at radius 1 is 1.42 bits per heavy atom. The van der Waals surface area contributed by atoms with Crippen molar-refractivity contribution in [2.24, 2.45) is 10.8 Å². The number of nitrogens with one attached hydrogen (secondary N) is 1. The molecule has 0 spiro atoms. The second-order valence-corrected chi connectivity index (χ2v) is 6.52. The van der Waals surface area contributed by atoms with Crippen LogP contribution in [0, 0.1) is 0 Å². The Balaban J connectivity index is 2.76. The highest BCUT2D eigenvalue weighted by Crippen LogP contribution is 2.13. The average molecular weight is 299 g/mol. The molecule has 0 bridgehead atoms. The molecule has 0 heterocycles. The first kappa shape index (κ1) is 15.6. The number of hydrazone groups is 1. The van der Waals surface area contributed by atoms with Gasteiger partial charge in [0.15, 0.2) is 14.9 Å². The lowest BCUT2D eigenvalue weighted by molar-refractivity contribution is 0.592. The maximum atomic E-state index is 11.9. The van der Waals surface area contributed by atoms with Crippen LogP contribution in [0.3, 0.4) is 0 Å². The topological polar surface area (TPSA) is 84.5 Å². The van der Waals surface area contributed by atoms with Gasteiger partial charge in [0.1, 0.15) is 0 Å². The monoisotopic (exact) mass is 299 g/mol. The number of benzene rings is 1. The fourth-order valence-corrected chi connectivity index (χ4v) is 2.89. The van der Waals surface area contributed by atoms with Gasteiger partial charge in [-0.05, 0) is 36.3 Å². The zero-order valence-corrected chi connectivity index (χ0v) is 12.3. The zero-order chi connectivity index (χ0) is 14.3. The van der Waals surface area contributed by atoms with Crippen molar-refractivity contribution in [2.75, 3.05) is 5.75 Å². The molecular formula is C12H17N3O2S2. The number of sulfone groups is 1. The molecule has 1 aromatic carbocycles. The van der Waals surface area contributed by atoms with E-state index in [0.29, 0.717) is 11.3 Å². The largest absolute Gasteiger partial charge is 0.375 e. The summed E-state index contributed by atoms with van der Waals surface area (Å²) in [5.74, 6) is 0.180. The summed E-state index contributed by atoms with van der Waals surface area (Å²) >= 11 is 4.59. The molecular weight excluding hydrogens is 282 g/mol. The van der Waals surface area contributed by atoms with E-state index in [1.165, 1.54) is 6.21 Å². The molecule has 1 rings (SSSR count). The summed E-state index contributed by atoms with van der Waals surface area (Å²) in [6.07, 6.45) is 3.04. The second kappa shape index (κ2) is 7.20. The summed E-state index contributed by atoms with van der Waals surface area (Å²) in [6, 6.07) is 6.52. The predicted octanol–water partition coefficient (Wildman–Crippen LogP) is 1.43. The lowest BCUT2D eigenvalue weighted by Gasteiger charge is -2.03. The van der Waals surface area contributed by atoms with E-state index in [1.807, 2.05) is 6.92 Å². The van der Waals surface area contributed by atoms with Crippen molar-refractivity contribution >= 4 is 33.4 Å². The van der Waals surface area contributed by atoms with E-state index in [9.17, 15) is 8.42 Å². The Kier molecular flexibility index (Phi) is 5.91. The first-order chi connectivity index (χ1) is 8.95. The van der Waals surface area contributed by atoms with Crippen LogP contribution in [0.25, 0.3) is 0 Å². The molecule has 0 saturated heterocycles. The number of hydrogen-bond acceptors (Lipinski definition) is 4. The molecule has 0 fully saturated rings. The molecule has 19 heavy (non-hydrogen) atoms. The molecule has 3 N–H and O–H groups in total. The predicted molar refractivity (Wildman–Crippen MR) is 80.9 cm³/mol. The van der Waals surface area contributed by atoms with Crippen molar-refractivity contribution in [3.05, 3.63) is 29.8 Å². The lowest BCUT2D eigenvalue weighted by Crippen LogP contribution is -2.23. The number of nitrogens with zero attached hydrogens (tertiary/aromatic N) is 1. The van der Waals surface area contributed by atoms with Crippen LogP contribution >= 0.6 is 12.2 Å². The maximum absolute atomic E-state index is 11.9. The van der Waals surface area contributed by atoms with Crippen LogP contribution in [0.4, 0.5) is 0 Å². The minimum Gasteiger partial charge on any atom is -0.375 e. The standard InChI is InChI=1S/C12H17N3O2S2/c1-2-3-8-19(16,17)11-6-4-10(5-7-11)9-14-15-12(13)18/h4-7,9H,2-3,8H2,1H3,(H3,13,15,18)/b14-9-. The highest BCUT2D eigenvalue weighted by Gasteiger charge is 2.12. The van der Waals surface area contributed by atoms with Crippen LogP contribution in [0.1, 0.15) is 25.3 Å². The van der Waals surface area contributed by atoms with Crippen molar-refractivity contribution in [2.45, 2.75) is 24.7 Å². The first-order valence-electron chi connectivity index (χ1n) is 5.87. The molecule has 0 unspecified atom stereocenters. The van der Waals surface area contributed by atoms with Gasteiger partial charge >= 0.3 is 0 Å². The number of unbranched alkanes of at least 4 members (excludes halogenated alkanes) is 1. The lowest BCUT2D eigenvalue weighted by atomic mass is 10.2. The molecule has 0 aliphatic rings. The molecule has 0 aliphatic heterocycles. The van der Waals surface area contributed by atoms with Crippen LogP contribution in [0.15, 0.2) is 34.3 Å². The number of thiocarbonyl (C=S) groups is 1. The fraction of sp³-hybridized carbons (Fsp3) is 0.333. The van der Waals surface area contributed by atoms with Gasteiger partial charge in [0.25, 0.3) is 0 Å². The van der Waals surface area contributed by atoms with Gasteiger partial charge in [0.05, 0.1) is 16.9 Å². The summed E-state index contributed by atoms with van der Waals surface area (Å²) < 4.78 is 23.9. The molecule has 0 amide bonds. The minimum atomic E-state index is -3.17. The molecule has 0 saturated carbocycles. The molecule has 7 heteroatoms. The van der Waals surface area contributed by atoms with Crippen LogP contribution in [0.5, 0.6) is 0 Å². The van der Waals surface area contributed by atoms with Gasteiger partial charge in [0, 0.05) is 0 Å². The van der Waals surface area contributed by atoms with E-state index in [2.05, 4.69) is 22.7 Å². The third-order valence-corrected chi connectivity index (χ3v) is 4.30. The van der Waals surface area contributed by atoms with E-state index >= 15 is 0 Å². The Labute approximate surface area is 118 Å². The van der Waals surface area contributed by atoms with Gasteiger partial charge in [-0.2, -0.15) is 5.10 Å². The van der Waals surface area contributed by atoms with E-state index in [1.54, 1.807) is 24.3 Å². The van der Waals surface area contributed by atoms with Gasteiger partial charge in [0.2, 0.25) is 0 Å². The summed E-state index contributed by atoms with van der Waals surface area (Å²) in [4.78, 5) is 0.334. The average Bonchev–Trinajstić information content (AvgIpc) is 2.37. The zero-order valence-electron chi connectivity index (χ0n) is 10.7. The van der Waals surface area contributed by atoms with Gasteiger partial charge in [-0.1, -0.05) is 25.5 Å². The highest BCUT2D eigenvalue weighted by molar-refractivity contribution is 7.91. The van der Waals surface area contributed by atoms with Crippen molar-refractivity contribution in [3.63, 3.8) is 0 Å². The maximum Gasteiger partial charge on any atom is 0.184 e. The second-order valence-electron chi connectivity index (χ2n) is 3.98. The Bertz CT molecular complexity index is 551. The van der Waals surface area contributed by atoms with E-state index in [4.69, 9.17) is 5.73 Å². The van der Waals surface area contributed by atoms with Crippen molar-refractivity contribution < 1.29 is 8.42 Å². The quantitative estimate of drug-likeness (QED) is 0.471. The van der Waals surface area contributed by atoms with Crippen LogP contribution in [-0.4, -0.2) is 25.5 Å². The van der Waals surface area contributed by atoms with E-state index in [0.717, 1.165) is 12.0 Å². The van der Waals surface area contributed by atoms with Gasteiger partial charge in [-0.25, -0.2) is 8.42 Å². The smallest absolute Gasteiger partial charge is 0.184 e. The summed E-state index contributed by atoms with van der Waals surface area (Å²) in [7, 11) is -3.17. The van der Waals surface area contributed by atoms with Gasteiger partial charge < -0.3 is 5.73 Å². The Morgan fingerprint density at radius 3 is 2.58 bits per heavy atom. The third-order valence-electron chi connectivity index (χ3n) is 2.39. The Morgan fingerprint density at radius 2 is 2.05 bits per heavy atom. The van der Waals surface area contributed by atoms with Crippen LogP contribution < -0.4 is 11.2 Å². The van der Waals surface area contributed by atoms with Gasteiger partial charge in [-0.15, -0.1) is 0 Å². The molecule has 104 valence electrons. The van der Waals surface area contributed by atoms with Crippen molar-refractivity contribution in [3.8, 4) is 0 Å². The number of rotatable bonds is 6. The molecule has 0 aliphatic carbocycles. The van der Waals surface area contributed by atoms with E-state index < -0.39 is 9.84 Å². The normalized spacial score (nSPS) is 11.6. The third kappa shape index (κ3) is 5.35. The summed E-state index contributed by atoms with van der Waals surface area (Å²) in [5.41, 5.74) is 8.40. The van der Waals surface area contributed by atoms with Crippen LogP contribution in [-0.2, 0) is 9.84 Å². The molecule has 0 aromatic heterocycles. The van der Waals surface area contributed by atoms with Crippen molar-refractivity contribution in [1.29, 1.82) is 0 Å². The van der Waals surface area contributed by atoms with Crippen molar-refractivity contribution in [1.82, 2.24) is 5.43 Å². The molecule has 0 atom stereocenters. The summed E-state index contributed by atoms with van der Waals surface area (Å²) in [5, 5.41) is 3.87. The molecule has 5 nitrogen and oxygen atoms in total. The van der Waals surface area contributed by atoms with E-state index in [-0.39, 0.29) is 10.9 Å². The number of hydrogen-bond donors (Lipinski definition) is 2. The minimum absolute atomic E-state index is 0.0787.